The number of benzene rings is 1. The van der Waals surface area contributed by atoms with Crippen molar-refractivity contribution in [1.29, 1.82) is 0 Å². The van der Waals surface area contributed by atoms with Crippen molar-refractivity contribution in [2.45, 2.75) is 38.6 Å². The van der Waals surface area contributed by atoms with Gasteiger partial charge < -0.3 is 10.2 Å². The Balaban J connectivity index is 2.13. The van der Waals surface area contributed by atoms with Crippen LogP contribution in [0.5, 0.6) is 0 Å². The Morgan fingerprint density at radius 2 is 2.24 bits per heavy atom. The molecule has 0 bridgehead atoms. The summed E-state index contributed by atoms with van der Waals surface area (Å²) in [5.41, 5.74) is 0.498. The monoisotopic (exact) mass is 328 g/mol. The summed E-state index contributed by atoms with van der Waals surface area (Å²) in [5, 5.41) is 4.45. The van der Waals surface area contributed by atoms with Gasteiger partial charge in [-0.1, -0.05) is 36.5 Å². The number of unbranched alkanes of at least 4 members (excludes halogenated alkanes) is 1. The summed E-state index contributed by atoms with van der Waals surface area (Å²) >= 11 is 12.2. The standard InChI is InChI=1S/C16H22Cl2N2O/c1-2-3-9-20(11-13-5-4-8-19-13)16(21)14-10-12(17)6-7-15(14)18/h6-7,10,13,19H,2-5,8-9,11H2,1H3. The fourth-order valence-electron chi connectivity index (χ4n) is 2.64. The van der Waals surface area contributed by atoms with Crippen LogP contribution in [0, 0.1) is 0 Å². The maximum Gasteiger partial charge on any atom is 0.255 e. The van der Waals surface area contributed by atoms with Crippen LogP contribution in [-0.4, -0.2) is 36.5 Å². The Morgan fingerprint density at radius 3 is 2.90 bits per heavy atom. The first-order valence-electron chi connectivity index (χ1n) is 7.59. The van der Waals surface area contributed by atoms with Crippen LogP contribution in [0.3, 0.4) is 0 Å². The number of hydrogen-bond acceptors (Lipinski definition) is 2. The molecule has 1 saturated heterocycles. The second-order valence-corrected chi connectivity index (χ2v) is 6.37. The smallest absolute Gasteiger partial charge is 0.255 e. The molecule has 1 aromatic carbocycles. The number of amides is 1. The predicted octanol–water partition coefficient (Wildman–Crippen LogP) is 3.99. The van der Waals surface area contributed by atoms with Gasteiger partial charge in [0, 0.05) is 24.2 Å². The Kier molecular flexibility index (Phi) is 6.34. The summed E-state index contributed by atoms with van der Waals surface area (Å²) in [4.78, 5) is 14.7. The second kappa shape index (κ2) is 8.02. The molecule has 1 aliphatic heterocycles. The number of rotatable bonds is 6. The Bertz CT molecular complexity index is 487. The molecule has 1 N–H and O–H groups in total. The molecular formula is C16H22Cl2N2O. The van der Waals surface area contributed by atoms with Gasteiger partial charge in [-0.05, 0) is 44.0 Å². The highest BCUT2D eigenvalue weighted by Gasteiger charge is 2.23. The molecule has 0 aliphatic carbocycles. The van der Waals surface area contributed by atoms with E-state index in [0.29, 0.717) is 21.7 Å². The Labute approximate surface area is 136 Å². The fraction of sp³-hybridized carbons (Fsp3) is 0.562. The van der Waals surface area contributed by atoms with Gasteiger partial charge in [0.05, 0.1) is 10.6 Å². The molecule has 1 fully saturated rings. The molecule has 1 aliphatic rings. The van der Waals surface area contributed by atoms with Crippen LogP contribution in [0.4, 0.5) is 0 Å². The highest BCUT2D eigenvalue weighted by atomic mass is 35.5. The van der Waals surface area contributed by atoms with E-state index in [1.165, 1.54) is 6.42 Å². The van der Waals surface area contributed by atoms with Crippen LogP contribution in [0.25, 0.3) is 0 Å². The summed E-state index contributed by atoms with van der Waals surface area (Å²) in [6.45, 7) is 4.67. The number of nitrogens with one attached hydrogen (secondary N) is 1. The van der Waals surface area contributed by atoms with E-state index in [1.54, 1.807) is 18.2 Å². The zero-order chi connectivity index (χ0) is 15.2. The summed E-state index contributed by atoms with van der Waals surface area (Å²) < 4.78 is 0. The van der Waals surface area contributed by atoms with Crippen molar-refractivity contribution in [3.63, 3.8) is 0 Å². The van der Waals surface area contributed by atoms with Crippen LogP contribution < -0.4 is 5.32 Å². The molecule has 5 heteroatoms. The fourth-order valence-corrected chi connectivity index (χ4v) is 3.01. The molecule has 0 spiro atoms. The van der Waals surface area contributed by atoms with Gasteiger partial charge in [-0.25, -0.2) is 0 Å². The van der Waals surface area contributed by atoms with Crippen molar-refractivity contribution in [2.75, 3.05) is 19.6 Å². The predicted molar refractivity (Wildman–Crippen MR) is 88.3 cm³/mol. The molecule has 0 radical (unpaired) electrons. The second-order valence-electron chi connectivity index (χ2n) is 5.52. The van der Waals surface area contributed by atoms with Gasteiger partial charge >= 0.3 is 0 Å². The van der Waals surface area contributed by atoms with Crippen molar-refractivity contribution < 1.29 is 4.79 Å². The molecule has 1 heterocycles. The third-order valence-electron chi connectivity index (χ3n) is 3.83. The number of carbonyl (C=O) groups excluding carboxylic acids is 1. The van der Waals surface area contributed by atoms with Crippen molar-refractivity contribution in [1.82, 2.24) is 10.2 Å². The molecule has 1 amide bonds. The summed E-state index contributed by atoms with van der Waals surface area (Å²) in [7, 11) is 0. The Hall–Kier alpha value is -0.770. The van der Waals surface area contributed by atoms with Gasteiger partial charge in [0.25, 0.3) is 5.91 Å². The lowest BCUT2D eigenvalue weighted by Crippen LogP contribution is -2.41. The van der Waals surface area contributed by atoms with E-state index in [9.17, 15) is 4.79 Å². The van der Waals surface area contributed by atoms with E-state index in [0.717, 1.165) is 38.9 Å². The van der Waals surface area contributed by atoms with Crippen LogP contribution in [0.15, 0.2) is 18.2 Å². The summed E-state index contributed by atoms with van der Waals surface area (Å²) in [6.07, 6.45) is 4.36. The molecule has 1 atom stereocenters. The van der Waals surface area contributed by atoms with Gasteiger partial charge in [-0.15, -0.1) is 0 Å². The lowest BCUT2D eigenvalue weighted by Gasteiger charge is -2.26. The normalized spacial score (nSPS) is 18.0. The average molecular weight is 329 g/mol. The minimum Gasteiger partial charge on any atom is -0.337 e. The van der Waals surface area contributed by atoms with Crippen LogP contribution in [0.1, 0.15) is 43.0 Å². The first-order valence-corrected chi connectivity index (χ1v) is 8.35. The van der Waals surface area contributed by atoms with E-state index < -0.39 is 0 Å². The molecule has 3 nitrogen and oxygen atoms in total. The molecule has 1 aromatic rings. The third kappa shape index (κ3) is 4.60. The van der Waals surface area contributed by atoms with Gasteiger partial charge in [0.2, 0.25) is 0 Å². The minimum atomic E-state index is -0.0235. The van der Waals surface area contributed by atoms with E-state index in [-0.39, 0.29) is 5.91 Å². The van der Waals surface area contributed by atoms with Crippen molar-refractivity contribution >= 4 is 29.1 Å². The maximum absolute atomic E-state index is 12.8. The first-order chi connectivity index (χ1) is 10.1. The first kappa shape index (κ1) is 16.6. The van der Waals surface area contributed by atoms with Crippen LogP contribution in [0.2, 0.25) is 10.0 Å². The SMILES string of the molecule is CCCCN(CC1CCCN1)C(=O)c1cc(Cl)ccc1Cl. The van der Waals surface area contributed by atoms with Gasteiger partial charge in [-0.3, -0.25) is 4.79 Å². The van der Waals surface area contributed by atoms with Crippen LogP contribution >= 0.6 is 23.2 Å². The topological polar surface area (TPSA) is 32.3 Å². The summed E-state index contributed by atoms with van der Waals surface area (Å²) in [6, 6.07) is 5.44. The zero-order valence-electron chi connectivity index (χ0n) is 12.4. The molecule has 116 valence electrons. The number of halogens is 2. The molecule has 1 unspecified atom stereocenters. The number of nitrogens with zero attached hydrogens (tertiary/aromatic N) is 1. The largest absolute Gasteiger partial charge is 0.337 e. The molecule has 0 aromatic heterocycles. The van der Waals surface area contributed by atoms with Gasteiger partial charge in [0.1, 0.15) is 0 Å². The summed E-state index contributed by atoms with van der Waals surface area (Å²) in [5.74, 6) is -0.0235. The quantitative estimate of drug-likeness (QED) is 0.856. The van der Waals surface area contributed by atoms with Crippen LogP contribution in [-0.2, 0) is 0 Å². The lowest BCUT2D eigenvalue weighted by molar-refractivity contribution is 0.0739. The minimum absolute atomic E-state index is 0.0235. The highest BCUT2D eigenvalue weighted by Crippen LogP contribution is 2.23. The van der Waals surface area contributed by atoms with E-state index in [2.05, 4.69) is 12.2 Å². The van der Waals surface area contributed by atoms with Gasteiger partial charge in [-0.2, -0.15) is 0 Å². The third-order valence-corrected chi connectivity index (χ3v) is 4.40. The van der Waals surface area contributed by atoms with E-state index in [1.807, 2.05) is 4.90 Å². The van der Waals surface area contributed by atoms with Crippen molar-refractivity contribution in [2.24, 2.45) is 0 Å². The van der Waals surface area contributed by atoms with Gasteiger partial charge in [0.15, 0.2) is 0 Å². The van der Waals surface area contributed by atoms with E-state index in [4.69, 9.17) is 23.2 Å². The highest BCUT2D eigenvalue weighted by molar-refractivity contribution is 6.35. The number of carbonyl (C=O) groups is 1. The average Bonchev–Trinajstić information content (AvgIpc) is 2.98. The number of hydrogen-bond donors (Lipinski definition) is 1. The maximum atomic E-state index is 12.8. The lowest BCUT2D eigenvalue weighted by atomic mass is 10.1. The zero-order valence-corrected chi connectivity index (χ0v) is 13.9. The van der Waals surface area contributed by atoms with E-state index >= 15 is 0 Å². The van der Waals surface area contributed by atoms with Crippen molar-refractivity contribution in [3.8, 4) is 0 Å². The molecule has 0 saturated carbocycles. The molecular weight excluding hydrogens is 307 g/mol. The molecule has 2 rings (SSSR count). The van der Waals surface area contributed by atoms with Crippen molar-refractivity contribution in [3.05, 3.63) is 33.8 Å². The Morgan fingerprint density at radius 1 is 1.43 bits per heavy atom. The molecule has 21 heavy (non-hydrogen) atoms.